The fourth-order valence-electron chi connectivity index (χ4n) is 2.59. The molecule has 2 atom stereocenters. The third kappa shape index (κ3) is 6.23. The van der Waals surface area contributed by atoms with Crippen molar-refractivity contribution >= 4 is 29.9 Å². The van der Waals surface area contributed by atoms with E-state index < -0.39 is 0 Å². The Morgan fingerprint density at radius 2 is 1.84 bits per heavy atom. The van der Waals surface area contributed by atoms with Gasteiger partial charge in [0.05, 0.1) is 0 Å². The Kier molecular flexibility index (Phi) is 7.55. The van der Waals surface area contributed by atoms with Gasteiger partial charge < -0.3 is 15.4 Å². The van der Waals surface area contributed by atoms with Gasteiger partial charge in [-0.1, -0.05) is 49.4 Å². The van der Waals surface area contributed by atoms with Crippen LogP contribution >= 0.6 is 24.0 Å². The van der Waals surface area contributed by atoms with Gasteiger partial charge in [-0.2, -0.15) is 0 Å². The molecule has 0 amide bonds. The zero-order valence-corrected chi connectivity index (χ0v) is 17.1. The molecule has 3 rings (SSSR count). The normalized spacial score (nSPS) is 18.9. The van der Waals surface area contributed by atoms with Crippen molar-refractivity contribution in [1.82, 2.24) is 10.6 Å². The minimum absolute atomic E-state index is 0. The van der Waals surface area contributed by atoms with Crippen LogP contribution in [-0.2, 0) is 13.2 Å². The third-order valence-electron chi connectivity index (χ3n) is 4.26. The Balaban J connectivity index is 0.00000225. The smallest absolute Gasteiger partial charge is 0.191 e. The first-order valence-electron chi connectivity index (χ1n) is 8.47. The van der Waals surface area contributed by atoms with E-state index in [9.17, 15) is 0 Å². The lowest BCUT2D eigenvalue weighted by Gasteiger charge is -2.12. The second kappa shape index (κ2) is 9.65. The zero-order chi connectivity index (χ0) is 16.8. The van der Waals surface area contributed by atoms with Crippen LogP contribution in [0.15, 0.2) is 59.6 Å². The van der Waals surface area contributed by atoms with Gasteiger partial charge >= 0.3 is 0 Å². The molecule has 25 heavy (non-hydrogen) atoms. The van der Waals surface area contributed by atoms with Crippen LogP contribution in [-0.4, -0.2) is 19.0 Å². The Bertz CT molecular complexity index is 690. The average molecular weight is 451 g/mol. The Labute approximate surface area is 167 Å². The lowest BCUT2D eigenvalue weighted by Crippen LogP contribution is -2.38. The van der Waals surface area contributed by atoms with Gasteiger partial charge in [0, 0.05) is 19.6 Å². The van der Waals surface area contributed by atoms with Gasteiger partial charge in [0.15, 0.2) is 5.96 Å². The maximum atomic E-state index is 5.81. The molecule has 0 radical (unpaired) electrons. The number of nitrogens with one attached hydrogen (secondary N) is 2. The number of hydrogen-bond donors (Lipinski definition) is 2. The second-order valence-corrected chi connectivity index (χ2v) is 6.31. The molecule has 0 heterocycles. The van der Waals surface area contributed by atoms with Gasteiger partial charge in [-0.25, -0.2) is 0 Å². The topological polar surface area (TPSA) is 45.7 Å². The lowest BCUT2D eigenvalue weighted by molar-refractivity contribution is 0.306. The molecule has 0 aliphatic heterocycles. The summed E-state index contributed by atoms with van der Waals surface area (Å²) in [7, 11) is 1.81. The summed E-state index contributed by atoms with van der Waals surface area (Å²) in [5.74, 6) is 2.52. The molecule has 0 aromatic heterocycles. The van der Waals surface area contributed by atoms with Gasteiger partial charge in [-0.05, 0) is 35.6 Å². The highest BCUT2D eigenvalue weighted by atomic mass is 127. The van der Waals surface area contributed by atoms with Gasteiger partial charge in [-0.3, -0.25) is 4.99 Å². The van der Waals surface area contributed by atoms with Crippen LogP contribution in [0.4, 0.5) is 0 Å². The molecule has 2 aromatic rings. The minimum Gasteiger partial charge on any atom is -0.489 e. The summed E-state index contributed by atoms with van der Waals surface area (Å²) in [5, 5.41) is 6.81. The maximum Gasteiger partial charge on any atom is 0.191 e. The van der Waals surface area contributed by atoms with Crippen LogP contribution < -0.4 is 15.4 Å². The highest BCUT2D eigenvalue weighted by molar-refractivity contribution is 14.0. The number of para-hydroxylation sites is 1. The van der Waals surface area contributed by atoms with Crippen LogP contribution in [0.1, 0.15) is 24.5 Å². The van der Waals surface area contributed by atoms with E-state index in [0.29, 0.717) is 12.6 Å². The number of benzene rings is 2. The summed E-state index contributed by atoms with van der Waals surface area (Å²) >= 11 is 0. The molecular weight excluding hydrogens is 425 g/mol. The van der Waals surface area contributed by atoms with Gasteiger partial charge in [0.25, 0.3) is 0 Å². The number of halogens is 1. The first-order chi connectivity index (χ1) is 11.7. The molecular formula is C20H26IN3O. The number of guanidine groups is 1. The zero-order valence-electron chi connectivity index (χ0n) is 14.7. The predicted octanol–water partition coefficient (Wildman–Crippen LogP) is 3.96. The van der Waals surface area contributed by atoms with E-state index in [1.165, 1.54) is 12.0 Å². The fraction of sp³-hybridized carbons (Fsp3) is 0.350. The fourth-order valence-corrected chi connectivity index (χ4v) is 2.59. The highest BCUT2D eigenvalue weighted by Crippen LogP contribution is 2.28. The van der Waals surface area contributed by atoms with Crippen molar-refractivity contribution in [2.45, 2.75) is 32.5 Å². The monoisotopic (exact) mass is 451 g/mol. The van der Waals surface area contributed by atoms with Gasteiger partial charge in [-0.15, -0.1) is 24.0 Å². The average Bonchev–Trinajstić information content (AvgIpc) is 3.33. The molecule has 0 bridgehead atoms. The molecule has 2 unspecified atom stereocenters. The molecule has 134 valence electrons. The highest BCUT2D eigenvalue weighted by Gasteiger charge is 2.33. The molecule has 2 aromatic carbocycles. The number of hydrogen-bond acceptors (Lipinski definition) is 2. The summed E-state index contributed by atoms with van der Waals surface area (Å²) in [6, 6.07) is 18.9. The third-order valence-corrected chi connectivity index (χ3v) is 4.26. The van der Waals surface area contributed by atoms with E-state index in [4.69, 9.17) is 4.74 Å². The summed E-state index contributed by atoms with van der Waals surface area (Å²) < 4.78 is 5.81. The van der Waals surface area contributed by atoms with Crippen LogP contribution in [0, 0.1) is 5.92 Å². The number of aliphatic imine (C=N–C) groups is 1. The SMILES string of the molecule is CN=C(NCc1cccc(COc2ccccc2)c1)NC1CC1C.I. The molecule has 1 fully saturated rings. The Morgan fingerprint density at radius 1 is 1.12 bits per heavy atom. The van der Waals surface area contributed by atoms with E-state index in [2.05, 4.69) is 46.8 Å². The Hall–Kier alpha value is -1.76. The number of nitrogens with zero attached hydrogens (tertiary/aromatic N) is 1. The molecule has 0 spiro atoms. The standard InChI is InChI=1S/C20H25N3O.HI/c1-15-11-19(15)23-20(21-2)22-13-16-7-6-8-17(12-16)14-24-18-9-4-3-5-10-18;/h3-10,12,15,19H,11,13-14H2,1-2H3,(H2,21,22,23);1H. The first kappa shape index (κ1) is 19.6. The van der Waals surface area contributed by atoms with E-state index in [1.54, 1.807) is 0 Å². The molecule has 4 nitrogen and oxygen atoms in total. The van der Waals surface area contributed by atoms with Crippen molar-refractivity contribution in [2.75, 3.05) is 7.05 Å². The lowest BCUT2D eigenvalue weighted by atomic mass is 10.1. The molecule has 1 aliphatic rings. The number of ether oxygens (including phenoxy) is 1. The second-order valence-electron chi connectivity index (χ2n) is 6.31. The quantitative estimate of drug-likeness (QED) is 0.397. The molecule has 1 saturated carbocycles. The predicted molar refractivity (Wildman–Crippen MR) is 114 cm³/mol. The summed E-state index contributed by atoms with van der Waals surface area (Å²) in [4.78, 5) is 4.29. The Morgan fingerprint density at radius 3 is 2.52 bits per heavy atom. The van der Waals surface area contributed by atoms with Crippen molar-refractivity contribution in [3.05, 3.63) is 65.7 Å². The van der Waals surface area contributed by atoms with E-state index in [1.807, 2.05) is 37.4 Å². The van der Waals surface area contributed by atoms with Gasteiger partial charge in [0.1, 0.15) is 12.4 Å². The maximum absolute atomic E-state index is 5.81. The van der Waals surface area contributed by atoms with Crippen molar-refractivity contribution in [3.8, 4) is 5.75 Å². The van der Waals surface area contributed by atoms with Crippen LogP contribution in [0.2, 0.25) is 0 Å². The molecule has 5 heteroatoms. The van der Waals surface area contributed by atoms with E-state index >= 15 is 0 Å². The van der Waals surface area contributed by atoms with Crippen molar-refractivity contribution in [2.24, 2.45) is 10.9 Å². The van der Waals surface area contributed by atoms with Crippen LogP contribution in [0.5, 0.6) is 5.75 Å². The summed E-state index contributed by atoms with van der Waals surface area (Å²) in [6.45, 7) is 3.57. The summed E-state index contributed by atoms with van der Waals surface area (Å²) in [6.07, 6.45) is 1.23. The largest absolute Gasteiger partial charge is 0.489 e. The molecule has 1 aliphatic carbocycles. The van der Waals surface area contributed by atoms with Crippen molar-refractivity contribution < 1.29 is 4.74 Å². The number of rotatable bonds is 6. The molecule has 2 N–H and O–H groups in total. The molecule has 0 saturated heterocycles. The van der Waals surface area contributed by atoms with Crippen molar-refractivity contribution in [3.63, 3.8) is 0 Å². The van der Waals surface area contributed by atoms with E-state index in [0.717, 1.165) is 29.7 Å². The summed E-state index contributed by atoms with van der Waals surface area (Å²) in [5.41, 5.74) is 2.38. The first-order valence-corrected chi connectivity index (χ1v) is 8.47. The van der Waals surface area contributed by atoms with Crippen LogP contribution in [0.3, 0.4) is 0 Å². The van der Waals surface area contributed by atoms with Gasteiger partial charge in [0.2, 0.25) is 0 Å². The van der Waals surface area contributed by atoms with E-state index in [-0.39, 0.29) is 24.0 Å². The van der Waals surface area contributed by atoms with Crippen molar-refractivity contribution in [1.29, 1.82) is 0 Å². The van der Waals surface area contributed by atoms with Crippen LogP contribution in [0.25, 0.3) is 0 Å². The minimum atomic E-state index is 0.